The van der Waals surface area contributed by atoms with E-state index in [2.05, 4.69) is 5.32 Å². The maximum Gasteiger partial charge on any atom is 0.238 e. The lowest BCUT2D eigenvalue weighted by atomic mass is 10.0. The largest absolute Gasteiger partial charge is 0.378 e. The number of primary sulfonamides is 1. The number of nitrogens with one attached hydrogen (secondary N) is 1. The van der Waals surface area contributed by atoms with Gasteiger partial charge in [-0.1, -0.05) is 12.1 Å². The third-order valence-corrected chi connectivity index (χ3v) is 4.87. The molecule has 118 valence electrons. The van der Waals surface area contributed by atoms with E-state index in [0.717, 1.165) is 12.0 Å². The zero-order valence-electron chi connectivity index (χ0n) is 12.3. The molecule has 1 aliphatic heterocycles. The summed E-state index contributed by atoms with van der Waals surface area (Å²) in [6.45, 7) is 4.01. The molecular formula is C14H22N2O4S. The molecule has 1 heterocycles. The monoisotopic (exact) mass is 314 g/mol. The van der Waals surface area contributed by atoms with Gasteiger partial charge >= 0.3 is 0 Å². The fourth-order valence-corrected chi connectivity index (χ4v) is 2.88. The summed E-state index contributed by atoms with van der Waals surface area (Å²) in [5.74, 6) is 0. The third-order valence-electron chi connectivity index (χ3n) is 3.94. The second-order valence-electron chi connectivity index (χ2n) is 5.41. The lowest BCUT2D eigenvalue weighted by molar-refractivity contribution is -0.0172. The zero-order valence-corrected chi connectivity index (χ0v) is 13.2. The number of nitrogens with two attached hydrogens (primary N) is 1. The number of methoxy groups -OCH3 is 1. The Bertz CT molecular complexity index is 565. The van der Waals surface area contributed by atoms with Gasteiger partial charge in [-0.05, 0) is 24.6 Å². The van der Waals surface area contributed by atoms with E-state index in [9.17, 15) is 8.42 Å². The lowest BCUT2D eigenvalue weighted by Gasteiger charge is -2.28. The second-order valence-corrected chi connectivity index (χ2v) is 6.97. The number of benzene rings is 1. The minimum Gasteiger partial charge on any atom is -0.378 e. The van der Waals surface area contributed by atoms with Gasteiger partial charge < -0.3 is 14.8 Å². The molecule has 0 spiro atoms. The van der Waals surface area contributed by atoms with Crippen LogP contribution in [0.1, 0.15) is 24.9 Å². The van der Waals surface area contributed by atoms with Gasteiger partial charge in [0.25, 0.3) is 0 Å². The van der Waals surface area contributed by atoms with E-state index in [1.54, 1.807) is 19.2 Å². The van der Waals surface area contributed by atoms with Crippen LogP contribution in [0, 0.1) is 0 Å². The van der Waals surface area contributed by atoms with Gasteiger partial charge in [0, 0.05) is 32.7 Å². The number of sulfonamides is 1. The highest BCUT2D eigenvalue weighted by Crippen LogP contribution is 2.23. The highest BCUT2D eigenvalue weighted by molar-refractivity contribution is 7.89. The first-order chi connectivity index (χ1) is 9.86. The van der Waals surface area contributed by atoms with Gasteiger partial charge in [-0.3, -0.25) is 0 Å². The molecule has 1 aromatic carbocycles. The van der Waals surface area contributed by atoms with Crippen molar-refractivity contribution in [3.05, 3.63) is 29.8 Å². The summed E-state index contributed by atoms with van der Waals surface area (Å²) in [6.07, 6.45) is 0.869. The van der Waals surface area contributed by atoms with Crippen molar-refractivity contribution < 1.29 is 17.9 Å². The molecule has 6 nitrogen and oxygen atoms in total. The first kappa shape index (κ1) is 16.4. The average molecular weight is 314 g/mol. The van der Waals surface area contributed by atoms with Crippen molar-refractivity contribution in [2.75, 3.05) is 26.9 Å². The molecule has 0 bridgehead atoms. The van der Waals surface area contributed by atoms with E-state index < -0.39 is 10.0 Å². The molecule has 21 heavy (non-hydrogen) atoms. The molecule has 1 aromatic rings. The standard InChI is InChI=1S/C14H22N2O4S/c1-11(16-9-14(19-2)7-8-20-10-14)12-3-5-13(6-4-12)21(15,17)18/h3-6,11,16H,7-10H2,1-2H3,(H2,15,17,18). The molecule has 3 N–H and O–H groups in total. The summed E-state index contributed by atoms with van der Waals surface area (Å²) in [6, 6.07) is 6.65. The van der Waals surface area contributed by atoms with Crippen molar-refractivity contribution in [2.24, 2.45) is 5.14 Å². The second kappa shape index (κ2) is 6.41. The van der Waals surface area contributed by atoms with Crippen molar-refractivity contribution in [3.8, 4) is 0 Å². The van der Waals surface area contributed by atoms with E-state index in [4.69, 9.17) is 14.6 Å². The Morgan fingerprint density at radius 3 is 2.57 bits per heavy atom. The van der Waals surface area contributed by atoms with Gasteiger partial charge in [0.05, 0.1) is 11.5 Å². The van der Waals surface area contributed by atoms with E-state index in [1.807, 2.05) is 6.92 Å². The Hall–Kier alpha value is -0.990. The van der Waals surface area contributed by atoms with Crippen LogP contribution in [0.15, 0.2) is 29.2 Å². The third kappa shape index (κ3) is 4.02. The van der Waals surface area contributed by atoms with E-state index in [0.29, 0.717) is 19.8 Å². The van der Waals surface area contributed by atoms with Crippen molar-refractivity contribution in [2.45, 2.75) is 29.9 Å². The molecule has 1 aliphatic rings. The van der Waals surface area contributed by atoms with Crippen LogP contribution in [0.2, 0.25) is 0 Å². The normalized spacial score (nSPS) is 24.1. The number of hydrogen-bond donors (Lipinski definition) is 2. The van der Waals surface area contributed by atoms with Gasteiger partial charge in [0.1, 0.15) is 5.60 Å². The van der Waals surface area contributed by atoms with Crippen molar-refractivity contribution in [1.29, 1.82) is 0 Å². The summed E-state index contributed by atoms with van der Waals surface area (Å²) in [4.78, 5) is 0.121. The van der Waals surface area contributed by atoms with Gasteiger partial charge in [-0.15, -0.1) is 0 Å². The molecule has 0 saturated carbocycles. The summed E-state index contributed by atoms with van der Waals surface area (Å²) >= 11 is 0. The van der Waals surface area contributed by atoms with Crippen LogP contribution in [-0.2, 0) is 19.5 Å². The van der Waals surface area contributed by atoms with Crippen LogP contribution in [0.25, 0.3) is 0 Å². The number of rotatable bonds is 6. The molecule has 0 aromatic heterocycles. The summed E-state index contributed by atoms with van der Waals surface area (Å²) in [5.41, 5.74) is 0.724. The van der Waals surface area contributed by atoms with E-state index >= 15 is 0 Å². The van der Waals surface area contributed by atoms with E-state index in [-0.39, 0.29) is 16.5 Å². The van der Waals surface area contributed by atoms with Gasteiger partial charge in [-0.2, -0.15) is 0 Å². The van der Waals surface area contributed by atoms with Gasteiger partial charge in [0.15, 0.2) is 0 Å². The molecule has 2 unspecified atom stereocenters. The highest BCUT2D eigenvalue weighted by atomic mass is 32.2. The van der Waals surface area contributed by atoms with Crippen LogP contribution in [0.5, 0.6) is 0 Å². The van der Waals surface area contributed by atoms with Crippen LogP contribution in [0.3, 0.4) is 0 Å². The van der Waals surface area contributed by atoms with Gasteiger partial charge in [0.2, 0.25) is 10.0 Å². The Morgan fingerprint density at radius 2 is 2.10 bits per heavy atom. The fourth-order valence-electron chi connectivity index (χ4n) is 2.36. The summed E-state index contributed by atoms with van der Waals surface area (Å²) < 4.78 is 33.4. The zero-order chi connectivity index (χ0) is 15.5. The van der Waals surface area contributed by atoms with Crippen LogP contribution >= 0.6 is 0 Å². The SMILES string of the molecule is COC1(CNC(C)c2ccc(S(N)(=O)=O)cc2)CCOC1. The Kier molecular flexibility index (Phi) is 5.00. The maximum absolute atomic E-state index is 11.2. The minimum atomic E-state index is -3.64. The van der Waals surface area contributed by atoms with Crippen molar-refractivity contribution in [1.82, 2.24) is 5.32 Å². The lowest BCUT2D eigenvalue weighted by Crippen LogP contribution is -2.43. The highest BCUT2D eigenvalue weighted by Gasteiger charge is 2.34. The summed E-state index contributed by atoms with van der Waals surface area (Å²) in [7, 11) is -1.94. The number of hydrogen-bond acceptors (Lipinski definition) is 5. The quantitative estimate of drug-likeness (QED) is 0.810. The van der Waals surface area contributed by atoms with Gasteiger partial charge in [-0.25, -0.2) is 13.6 Å². The molecular weight excluding hydrogens is 292 g/mol. The number of ether oxygens (including phenoxy) is 2. The fraction of sp³-hybridized carbons (Fsp3) is 0.571. The van der Waals surface area contributed by atoms with E-state index in [1.165, 1.54) is 12.1 Å². The Labute approximate surface area is 125 Å². The average Bonchev–Trinajstić information content (AvgIpc) is 2.93. The minimum absolute atomic E-state index is 0.0761. The predicted molar refractivity (Wildman–Crippen MR) is 79.4 cm³/mol. The first-order valence-corrected chi connectivity index (χ1v) is 8.40. The molecule has 1 saturated heterocycles. The molecule has 0 radical (unpaired) electrons. The molecule has 0 aliphatic carbocycles. The van der Waals surface area contributed by atoms with Crippen LogP contribution in [0.4, 0.5) is 0 Å². The van der Waals surface area contributed by atoms with Crippen LogP contribution in [-0.4, -0.2) is 40.9 Å². The van der Waals surface area contributed by atoms with Crippen LogP contribution < -0.4 is 10.5 Å². The Balaban J connectivity index is 1.98. The maximum atomic E-state index is 11.2. The Morgan fingerprint density at radius 1 is 1.43 bits per heavy atom. The molecule has 0 amide bonds. The molecule has 7 heteroatoms. The molecule has 2 atom stereocenters. The first-order valence-electron chi connectivity index (χ1n) is 6.85. The smallest absolute Gasteiger partial charge is 0.238 e. The predicted octanol–water partition coefficient (Wildman–Crippen LogP) is 0.790. The topological polar surface area (TPSA) is 90.6 Å². The van der Waals surface area contributed by atoms with Crippen molar-refractivity contribution >= 4 is 10.0 Å². The summed E-state index contributed by atoms with van der Waals surface area (Å²) in [5, 5.41) is 8.49. The van der Waals surface area contributed by atoms with Crippen molar-refractivity contribution in [3.63, 3.8) is 0 Å². The molecule has 2 rings (SSSR count). The molecule has 1 fully saturated rings.